The molecule has 0 atom stereocenters. The number of rotatable bonds is 6. The number of hydrogen-bond donors (Lipinski definition) is 0. The van der Waals surface area contributed by atoms with E-state index in [1.54, 1.807) is 0 Å². The maximum atomic E-state index is 2.44. The fourth-order valence-electron chi connectivity index (χ4n) is 5.06. The second-order valence-corrected chi connectivity index (χ2v) is 11.6. The predicted molar refractivity (Wildman–Crippen MR) is 152 cm³/mol. The van der Waals surface area contributed by atoms with Crippen molar-refractivity contribution in [1.82, 2.24) is 0 Å². The number of hydrogen-bond acceptors (Lipinski definition) is 2. The van der Waals surface area contributed by atoms with Gasteiger partial charge in [0.2, 0.25) is 0 Å². The summed E-state index contributed by atoms with van der Waals surface area (Å²) in [7, 11) is 0. The highest BCUT2D eigenvalue weighted by Crippen LogP contribution is 2.42. The molecule has 0 N–H and O–H groups in total. The molecule has 0 aliphatic rings. The second-order valence-electron chi connectivity index (χ2n) is 9.36. The van der Waals surface area contributed by atoms with Gasteiger partial charge in [-0.3, -0.25) is 0 Å². The smallest absolute Gasteiger partial charge is 0.0427 e. The molecule has 4 aromatic carbocycles. The zero-order valence-corrected chi connectivity index (χ0v) is 21.4. The first-order chi connectivity index (χ1) is 16.7. The Kier molecular flexibility index (Phi) is 5.72. The fraction of sp³-hybridized carbons (Fsp3) is 0.188. The molecule has 0 bridgehead atoms. The van der Waals surface area contributed by atoms with Crippen molar-refractivity contribution >= 4 is 53.6 Å². The molecule has 6 aromatic rings. The van der Waals surface area contributed by atoms with Gasteiger partial charge in [-0.15, -0.1) is 22.7 Å². The summed E-state index contributed by atoms with van der Waals surface area (Å²) in [6, 6.07) is 31.5. The van der Waals surface area contributed by atoms with Crippen molar-refractivity contribution in [2.75, 3.05) is 0 Å². The first kappa shape index (κ1) is 21.6. The van der Waals surface area contributed by atoms with Crippen molar-refractivity contribution in [2.45, 2.75) is 39.5 Å². The topological polar surface area (TPSA) is 0 Å². The van der Waals surface area contributed by atoms with Crippen LogP contribution in [0.25, 0.3) is 30.9 Å². The van der Waals surface area contributed by atoms with Gasteiger partial charge in [-0.25, -0.2) is 0 Å². The summed E-state index contributed by atoms with van der Waals surface area (Å²) in [6.07, 6.45) is 4.41. The van der Waals surface area contributed by atoms with E-state index < -0.39 is 0 Å². The Hall–Kier alpha value is -2.94. The molecule has 6 rings (SSSR count). The third kappa shape index (κ3) is 4.06. The molecule has 168 valence electrons. The molecule has 2 heteroatoms. The van der Waals surface area contributed by atoms with E-state index in [0.29, 0.717) is 0 Å². The van der Waals surface area contributed by atoms with Crippen molar-refractivity contribution in [1.29, 1.82) is 0 Å². The molecule has 0 nitrogen and oxygen atoms in total. The monoisotopic (exact) mass is 476 g/mol. The molecule has 0 unspecified atom stereocenters. The molecule has 34 heavy (non-hydrogen) atoms. The third-order valence-corrected chi connectivity index (χ3v) is 9.38. The van der Waals surface area contributed by atoms with E-state index in [4.69, 9.17) is 0 Å². The van der Waals surface area contributed by atoms with Crippen LogP contribution in [0.15, 0.2) is 84.9 Å². The molecular formula is C32H28S2. The number of aryl methyl sites for hydroxylation is 6. The molecular weight excluding hydrogens is 448 g/mol. The zero-order valence-electron chi connectivity index (χ0n) is 19.7. The van der Waals surface area contributed by atoms with E-state index in [1.165, 1.54) is 63.0 Å². The van der Waals surface area contributed by atoms with Crippen LogP contribution >= 0.6 is 22.7 Å². The van der Waals surface area contributed by atoms with Crippen LogP contribution in [0.2, 0.25) is 0 Å². The summed E-state index contributed by atoms with van der Waals surface area (Å²) < 4.78 is 2.92. The minimum absolute atomic E-state index is 1.10. The summed E-state index contributed by atoms with van der Waals surface area (Å²) in [5, 5.41) is 5.72. The summed E-state index contributed by atoms with van der Waals surface area (Å²) >= 11 is 3.99. The van der Waals surface area contributed by atoms with Gasteiger partial charge >= 0.3 is 0 Å². The molecule has 0 amide bonds. The maximum absolute atomic E-state index is 2.44. The minimum atomic E-state index is 1.10. The average Bonchev–Trinajstić information content (AvgIpc) is 3.50. The van der Waals surface area contributed by atoms with Crippen LogP contribution < -0.4 is 0 Å². The lowest BCUT2D eigenvalue weighted by Crippen LogP contribution is -1.87. The van der Waals surface area contributed by atoms with Crippen molar-refractivity contribution in [3.8, 4) is 0 Å². The standard InChI is InChI=1S/C32H28S2/c1-21-17-29-30(31-27(21)19-25(33-31)15-13-23-9-5-3-6-10-23)18-22(2)28-20-26(34-32(28)29)16-14-24-11-7-4-8-12-24/h3-12,17-20H,13-16H2,1-2H3. The van der Waals surface area contributed by atoms with Crippen molar-refractivity contribution in [3.63, 3.8) is 0 Å². The van der Waals surface area contributed by atoms with Gasteiger partial charge in [0.05, 0.1) is 0 Å². The van der Waals surface area contributed by atoms with Crippen molar-refractivity contribution in [3.05, 3.63) is 117 Å². The lowest BCUT2D eigenvalue weighted by Gasteiger charge is -2.07. The highest BCUT2D eigenvalue weighted by molar-refractivity contribution is 7.21. The molecule has 0 saturated carbocycles. The Morgan fingerprint density at radius 2 is 0.882 bits per heavy atom. The number of fused-ring (bicyclic) bond motifs is 5. The Morgan fingerprint density at radius 1 is 0.471 bits per heavy atom. The predicted octanol–water partition coefficient (Wildman–Crippen LogP) is 9.46. The normalized spacial score (nSPS) is 11.7. The van der Waals surface area contributed by atoms with Crippen molar-refractivity contribution < 1.29 is 0 Å². The van der Waals surface area contributed by atoms with Crippen LogP contribution in [0.3, 0.4) is 0 Å². The van der Waals surface area contributed by atoms with Gasteiger partial charge in [0.1, 0.15) is 0 Å². The van der Waals surface area contributed by atoms with E-state index >= 15 is 0 Å². The molecule has 0 saturated heterocycles. The SMILES string of the molecule is Cc1cc2c(cc(C)c3cc(CCc4ccccc4)sc32)c2sc(CCc3ccccc3)cc12. The Morgan fingerprint density at radius 3 is 1.29 bits per heavy atom. The summed E-state index contributed by atoms with van der Waals surface area (Å²) in [5.74, 6) is 0. The molecule has 0 radical (unpaired) electrons. The van der Waals surface area contributed by atoms with Crippen LogP contribution in [0.5, 0.6) is 0 Å². The van der Waals surface area contributed by atoms with Crippen LogP contribution in [-0.4, -0.2) is 0 Å². The highest BCUT2D eigenvalue weighted by Gasteiger charge is 2.15. The van der Waals surface area contributed by atoms with Gasteiger partial charge < -0.3 is 0 Å². The molecule has 0 spiro atoms. The van der Waals surface area contributed by atoms with Gasteiger partial charge in [-0.05, 0) is 96.8 Å². The molecule has 2 heterocycles. The van der Waals surface area contributed by atoms with Gasteiger partial charge in [-0.1, -0.05) is 60.7 Å². The Bertz CT molecular complexity index is 1480. The summed E-state index contributed by atoms with van der Waals surface area (Å²) in [5.41, 5.74) is 5.63. The zero-order chi connectivity index (χ0) is 23.1. The first-order valence-electron chi connectivity index (χ1n) is 12.1. The summed E-state index contributed by atoms with van der Waals surface area (Å²) in [6.45, 7) is 4.57. The van der Waals surface area contributed by atoms with Gasteiger partial charge in [0.25, 0.3) is 0 Å². The van der Waals surface area contributed by atoms with Gasteiger partial charge in [0, 0.05) is 29.9 Å². The van der Waals surface area contributed by atoms with E-state index in [-0.39, 0.29) is 0 Å². The quantitative estimate of drug-likeness (QED) is 0.224. The lowest BCUT2D eigenvalue weighted by molar-refractivity contribution is 0.982. The fourth-order valence-corrected chi connectivity index (χ4v) is 7.56. The highest BCUT2D eigenvalue weighted by atomic mass is 32.1. The summed E-state index contributed by atoms with van der Waals surface area (Å²) in [4.78, 5) is 2.98. The number of benzene rings is 4. The Balaban J connectivity index is 1.38. The van der Waals surface area contributed by atoms with E-state index in [1.807, 2.05) is 22.7 Å². The largest absolute Gasteiger partial charge is 0.140 e. The Labute approximate surface area is 209 Å². The van der Waals surface area contributed by atoms with Gasteiger partial charge in [-0.2, -0.15) is 0 Å². The average molecular weight is 477 g/mol. The number of thiophene rings is 2. The van der Waals surface area contributed by atoms with Crippen molar-refractivity contribution in [2.24, 2.45) is 0 Å². The van der Waals surface area contributed by atoms with E-state index in [9.17, 15) is 0 Å². The third-order valence-electron chi connectivity index (χ3n) is 6.92. The maximum Gasteiger partial charge on any atom is 0.0427 e. The molecule has 0 aliphatic carbocycles. The molecule has 0 fully saturated rings. The molecule has 2 aromatic heterocycles. The first-order valence-corrected chi connectivity index (χ1v) is 13.7. The van der Waals surface area contributed by atoms with Crippen LogP contribution in [-0.2, 0) is 25.7 Å². The van der Waals surface area contributed by atoms with Crippen LogP contribution in [0.4, 0.5) is 0 Å². The van der Waals surface area contributed by atoms with Crippen LogP contribution in [0, 0.1) is 13.8 Å². The van der Waals surface area contributed by atoms with E-state index in [0.717, 1.165) is 25.7 Å². The van der Waals surface area contributed by atoms with E-state index in [2.05, 4.69) is 98.8 Å². The van der Waals surface area contributed by atoms with Crippen LogP contribution in [0.1, 0.15) is 32.0 Å². The second kappa shape index (κ2) is 9.02. The lowest BCUT2D eigenvalue weighted by atomic mass is 9.99. The van der Waals surface area contributed by atoms with Gasteiger partial charge in [0.15, 0.2) is 0 Å². The molecule has 0 aliphatic heterocycles. The minimum Gasteiger partial charge on any atom is -0.140 e.